The van der Waals surface area contributed by atoms with Crippen LogP contribution in [0.3, 0.4) is 0 Å². The third-order valence-corrected chi connectivity index (χ3v) is 4.61. The van der Waals surface area contributed by atoms with Gasteiger partial charge in [0.15, 0.2) is 12.3 Å². The number of nitrogens with one attached hydrogen (secondary N) is 1. The van der Waals surface area contributed by atoms with Gasteiger partial charge in [-0.2, -0.15) is 0 Å². The number of H-pyrrole nitrogens is 1. The first-order valence-electron chi connectivity index (χ1n) is 10.0. The van der Waals surface area contributed by atoms with Crippen molar-refractivity contribution in [2.24, 2.45) is 0 Å². The van der Waals surface area contributed by atoms with Crippen molar-refractivity contribution < 1.29 is 9.53 Å². The summed E-state index contributed by atoms with van der Waals surface area (Å²) < 4.78 is 6.93. The Labute approximate surface area is 170 Å². The Morgan fingerprint density at radius 1 is 1.21 bits per heavy atom. The van der Waals surface area contributed by atoms with Crippen molar-refractivity contribution in [3.05, 3.63) is 50.7 Å². The average molecular weight is 402 g/mol. The van der Waals surface area contributed by atoms with Crippen molar-refractivity contribution in [2.75, 3.05) is 23.8 Å². The van der Waals surface area contributed by atoms with E-state index < -0.39 is 17.2 Å². The van der Waals surface area contributed by atoms with Gasteiger partial charge >= 0.3 is 5.69 Å². The second kappa shape index (κ2) is 10.5. The van der Waals surface area contributed by atoms with Crippen molar-refractivity contribution in [1.82, 2.24) is 9.55 Å². The molecule has 0 radical (unpaired) electrons. The number of aryl methyl sites for hydroxylation is 1. The van der Waals surface area contributed by atoms with E-state index >= 15 is 0 Å². The molecular weight excluding hydrogens is 372 g/mol. The number of hydrogen-bond acceptors (Lipinski definition) is 5. The Morgan fingerprint density at radius 3 is 2.59 bits per heavy atom. The lowest BCUT2D eigenvalue weighted by Gasteiger charge is -2.24. The minimum atomic E-state index is -0.666. The number of rotatable bonds is 10. The normalized spacial score (nSPS) is 10.7. The van der Waals surface area contributed by atoms with Gasteiger partial charge in [-0.3, -0.25) is 19.1 Å². The largest absolute Gasteiger partial charge is 0.484 e. The van der Waals surface area contributed by atoms with Gasteiger partial charge in [0.1, 0.15) is 11.6 Å². The van der Waals surface area contributed by atoms with Gasteiger partial charge in [-0.1, -0.05) is 38.8 Å². The fourth-order valence-electron chi connectivity index (χ4n) is 2.98. The summed E-state index contributed by atoms with van der Waals surface area (Å²) in [5.41, 5.74) is 5.96. The van der Waals surface area contributed by atoms with E-state index in [0.717, 1.165) is 24.8 Å². The van der Waals surface area contributed by atoms with Crippen LogP contribution in [0, 0.1) is 6.92 Å². The van der Waals surface area contributed by atoms with E-state index in [1.807, 2.05) is 39.0 Å². The Kier molecular flexibility index (Phi) is 8.06. The van der Waals surface area contributed by atoms with Crippen LogP contribution in [0.1, 0.15) is 45.1 Å². The standard InChI is InChI=1S/C21H30N4O4/c1-4-6-11-24(17(26)14-29-16-10-8-9-15(3)13-16)18-19(22)25(12-7-5-2)21(28)23-20(18)27/h8-10,13H,4-7,11-12,14,22H2,1-3H3,(H,23,27,28). The van der Waals surface area contributed by atoms with Crippen LogP contribution in [-0.4, -0.2) is 28.6 Å². The summed E-state index contributed by atoms with van der Waals surface area (Å²) in [5.74, 6) is 0.189. The molecule has 158 valence electrons. The number of anilines is 2. The minimum absolute atomic E-state index is 0.00648. The summed E-state index contributed by atoms with van der Waals surface area (Å²) in [7, 11) is 0. The summed E-state index contributed by atoms with van der Waals surface area (Å²) >= 11 is 0. The second-order valence-corrected chi connectivity index (χ2v) is 7.00. The molecule has 29 heavy (non-hydrogen) atoms. The van der Waals surface area contributed by atoms with Crippen LogP contribution in [0.2, 0.25) is 0 Å². The number of unbranched alkanes of at least 4 members (excludes halogenated alkanes) is 2. The number of aromatic nitrogens is 2. The van der Waals surface area contributed by atoms with E-state index in [-0.39, 0.29) is 18.1 Å². The summed E-state index contributed by atoms with van der Waals surface area (Å²) in [6, 6.07) is 7.37. The highest BCUT2D eigenvalue weighted by atomic mass is 16.5. The van der Waals surface area contributed by atoms with Crippen LogP contribution in [0.5, 0.6) is 5.75 Å². The molecule has 0 atom stereocenters. The number of hydrogen-bond donors (Lipinski definition) is 2. The number of aromatic amines is 1. The maximum atomic E-state index is 12.9. The molecule has 8 nitrogen and oxygen atoms in total. The van der Waals surface area contributed by atoms with Crippen LogP contribution >= 0.6 is 0 Å². The molecule has 1 heterocycles. The van der Waals surface area contributed by atoms with Crippen LogP contribution < -0.4 is 26.6 Å². The smallest absolute Gasteiger partial charge is 0.330 e. The minimum Gasteiger partial charge on any atom is -0.484 e. The average Bonchev–Trinajstić information content (AvgIpc) is 2.68. The Balaban J connectivity index is 2.34. The first-order chi connectivity index (χ1) is 13.9. The highest BCUT2D eigenvalue weighted by Gasteiger charge is 2.24. The Bertz CT molecular complexity index is 948. The molecule has 1 amide bonds. The maximum absolute atomic E-state index is 12.9. The SMILES string of the molecule is CCCCN(C(=O)COc1cccc(C)c1)c1c(N)n(CCCC)c(=O)[nH]c1=O. The molecule has 0 bridgehead atoms. The zero-order valence-corrected chi connectivity index (χ0v) is 17.4. The highest BCUT2D eigenvalue weighted by molar-refractivity contribution is 5.96. The first-order valence-corrected chi connectivity index (χ1v) is 10.0. The quantitative estimate of drug-likeness (QED) is 0.634. The molecule has 8 heteroatoms. The predicted molar refractivity (Wildman–Crippen MR) is 115 cm³/mol. The summed E-state index contributed by atoms with van der Waals surface area (Å²) in [6.45, 7) is 6.36. The molecular formula is C21H30N4O4. The van der Waals surface area contributed by atoms with Gasteiger partial charge in [0, 0.05) is 13.1 Å². The van der Waals surface area contributed by atoms with Crippen LogP contribution in [0.25, 0.3) is 0 Å². The monoisotopic (exact) mass is 402 g/mol. The van der Waals surface area contributed by atoms with Gasteiger partial charge in [-0.25, -0.2) is 4.79 Å². The maximum Gasteiger partial charge on any atom is 0.330 e. The lowest BCUT2D eigenvalue weighted by Crippen LogP contribution is -2.43. The van der Waals surface area contributed by atoms with Gasteiger partial charge in [-0.05, 0) is 37.5 Å². The van der Waals surface area contributed by atoms with Gasteiger partial charge in [0.2, 0.25) is 0 Å². The van der Waals surface area contributed by atoms with Crippen LogP contribution in [0.4, 0.5) is 11.5 Å². The molecule has 1 aromatic carbocycles. The third-order valence-electron chi connectivity index (χ3n) is 4.61. The van der Waals surface area contributed by atoms with Gasteiger partial charge in [-0.15, -0.1) is 0 Å². The van der Waals surface area contributed by atoms with Crippen molar-refractivity contribution >= 4 is 17.4 Å². The summed E-state index contributed by atoms with van der Waals surface area (Å²) in [5, 5.41) is 0. The number of carbonyl (C=O) groups is 1. The van der Waals surface area contributed by atoms with E-state index in [1.165, 1.54) is 9.47 Å². The van der Waals surface area contributed by atoms with E-state index in [9.17, 15) is 14.4 Å². The molecule has 0 saturated heterocycles. The first kappa shape index (κ1) is 22.3. The molecule has 0 spiro atoms. The number of carbonyl (C=O) groups excluding carboxylic acids is 1. The molecule has 0 fully saturated rings. The number of nitrogen functional groups attached to an aromatic ring is 1. The number of nitrogens with zero attached hydrogens (tertiary/aromatic N) is 2. The van der Waals surface area contributed by atoms with Gasteiger partial charge in [0.05, 0.1) is 0 Å². The van der Waals surface area contributed by atoms with Gasteiger partial charge < -0.3 is 15.4 Å². The molecule has 0 saturated carbocycles. The van der Waals surface area contributed by atoms with E-state index in [2.05, 4.69) is 4.98 Å². The Morgan fingerprint density at radius 2 is 1.93 bits per heavy atom. The fourth-order valence-corrected chi connectivity index (χ4v) is 2.98. The number of benzene rings is 1. The molecule has 0 unspecified atom stereocenters. The molecule has 0 aliphatic rings. The van der Waals surface area contributed by atoms with E-state index in [4.69, 9.17) is 10.5 Å². The zero-order valence-electron chi connectivity index (χ0n) is 17.4. The van der Waals surface area contributed by atoms with Gasteiger partial charge in [0.25, 0.3) is 11.5 Å². The topological polar surface area (TPSA) is 110 Å². The second-order valence-electron chi connectivity index (χ2n) is 7.00. The lowest BCUT2D eigenvalue weighted by atomic mass is 10.2. The molecule has 2 rings (SSSR count). The van der Waals surface area contributed by atoms with E-state index in [0.29, 0.717) is 25.3 Å². The number of amides is 1. The Hall–Kier alpha value is -3.03. The van der Waals surface area contributed by atoms with E-state index in [1.54, 1.807) is 6.07 Å². The fraction of sp³-hybridized carbons (Fsp3) is 0.476. The molecule has 0 aliphatic carbocycles. The lowest BCUT2D eigenvalue weighted by molar-refractivity contribution is -0.120. The number of ether oxygens (including phenoxy) is 1. The molecule has 1 aromatic heterocycles. The van der Waals surface area contributed by atoms with Crippen molar-refractivity contribution in [1.29, 1.82) is 0 Å². The predicted octanol–water partition coefficient (Wildman–Crippen LogP) is 2.44. The number of nitrogens with two attached hydrogens (primary N) is 1. The van der Waals surface area contributed by atoms with Crippen LogP contribution in [-0.2, 0) is 11.3 Å². The highest BCUT2D eigenvalue weighted by Crippen LogP contribution is 2.19. The summed E-state index contributed by atoms with van der Waals surface area (Å²) in [4.78, 5) is 41.2. The van der Waals surface area contributed by atoms with Crippen molar-refractivity contribution in [3.63, 3.8) is 0 Å². The zero-order chi connectivity index (χ0) is 21.4. The third kappa shape index (κ3) is 5.73. The molecule has 2 aromatic rings. The molecule has 0 aliphatic heterocycles. The summed E-state index contributed by atoms with van der Waals surface area (Å²) in [6.07, 6.45) is 3.11. The van der Waals surface area contributed by atoms with Crippen molar-refractivity contribution in [3.8, 4) is 5.75 Å². The molecule has 3 N–H and O–H groups in total. The van der Waals surface area contributed by atoms with Crippen molar-refractivity contribution in [2.45, 2.75) is 53.0 Å². The van der Waals surface area contributed by atoms with Crippen LogP contribution in [0.15, 0.2) is 33.9 Å².